The Morgan fingerprint density at radius 3 is 3.00 bits per heavy atom. The standard InChI is InChI=1S/C10H21NOS/c1-3-11-9-5-4-6-10(9)13-8-7-12-2/h9-11H,3-8H2,1-2H3. The van der Waals surface area contributed by atoms with Crippen molar-refractivity contribution >= 4 is 11.8 Å². The molecule has 0 aromatic rings. The van der Waals surface area contributed by atoms with Gasteiger partial charge in [0.25, 0.3) is 0 Å². The molecule has 3 heteroatoms. The highest BCUT2D eigenvalue weighted by atomic mass is 32.2. The summed E-state index contributed by atoms with van der Waals surface area (Å²) in [6, 6.07) is 0.756. The Bertz CT molecular complexity index is 132. The van der Waals surface area contributed by atoms with E-state index in [9.17, 15) is 0 Å². The summed E-state index contributed by atoms with van der Waals surface area (Å²) in [5.41, 5.74) is 0. The van der Waals surface area contributed by atoms with Gasteiger partial charge in [-0.1, -0.05) is 13.3 Å². The summed E-state index contributed by atoms with van der Waals surface area (Å²) in [5, 5.41) is 4.39. The second kappa shape index (κ2) is 6.68. The summed E-state index contributed by atoms with van der Waals surface area (Å²) in [4.78, 5) is 0. The van der Waals surface area contributed by atoms with Gasteiger partial charge < -0.3 is 10.1 Å². The number of methoxy groups -OCH3 is 1. The maximum absolute atomic E-state index is 5.06. The van der Waals surface area contributed by atoms with Crippen LogP contribution in [0.25, 0.3) is 0 Å². The average molecular weight is 203 g/mol. The Morgan fingerprint density at radius 1 is 1.46 bits per heavy atom. The average Bonchev–Trinajstić information content (AvgIpc) is 2.54. The maximum Gasteiger partial charge on any atom is 0.0553 e. The van der Waals surface area contributed by atoms with Crippen LogP contribution in [0.4, 0.5) is 0 Å². The Balaban J connectivity index is 2.15. The number of ether oxygens (including phenoxy) is 1. The lowest BCUT2D eigenvalue weighted by atomic mass is 10.2. The normalized spacial score (nSPS) is 28.2. The van der Waals surface area contributed by atoms with Gasteiger partial charge in [-0.15, -0.1) is 0 Å². The van der Waals surface area contributed by atoms with Crippen LogP contribution in [-0.2, 0) is 4.74 Å². The van der Waals surface area contributed by atoms with Gasteiger partial charge in [-0.25, -0.2) is 0 Å². The van der Waals surface area contributed by atoms with E-state index in [4.69, 9.17) is 4.74 Å². The van der Waals surface area contributed by atoms with Crippen molar-refractivity contribution in [2.75, 3.05) is 26.0 Å². The third kappa shape index (κ3) is 3.88. The molecule has 1 saturated carbocycles. The van der Waals surface area contributed by atoms with Crippen LogP contribution in [-0.4, -0.2) is 37.3 Å². The van der Waals surface area contributed by atoms with Crippen LogP contribution >= 0.6 is 11.8 Å². The number of thioether (sulfide) groups is 1. The van der Waals surface area contributed by atoms with Crippen LogP contribution in [0.15, 0.2) is 0 Å². The van der Waals surface area contributed by atoms with Crippen LogP contribution in [0.1, 0.15) is 26.2 Å². The first kappa shape index (κ1) is 11.3. The third-order valence-electron chi connectivity index (χ3n) is 2.54. The van der Waals surface area contributed by atoms with E-state index < -0.39 is 0 Å². The first-order valence-electron chi connectivity index (χ1n) is 5.22. The van der Waals surface area contributed by atoms with E-state index in [1.54, 1.807) is 7.11 Å². The highest BCUT2D eigenvalue weighted by molar-refractivity contribution is 8.00. The van der Waals surface area contributed by atoms with Gasteiger partial charge in [0, 0.05) is 24.2 Å². The van der Waals surface area contributed by atoms with Gasteiger partial charge in [0.15, 0.2) is 0 Å². The first-order chi connectivity index (χ1) is 6.38. The number of hydrogen-bond acceptors (Lipinski definition) is 3. The predicted octanol–water partition coefficient (Wildman–Crippen LogP) is 1.90. The molecule has 13 heavy (non-hydrogen) atoms. The monoisotopic (exact) mass is 203 g/mol. The van der Waals surface area contributed by atoms with Gasteiger partial charge in [-0.3, -0.25) is 0 Å². The van der Waals surface area contributed by atoms with Crippen molar-refractivity contribution in [1.82, 2.24) is 5.32 Å². The van der Waals surface area contributed by atoms with E-state index in [-0.39, 0.29) is 0 Å². The second-order valence-corrected chi connectivity index (χ2v) is 4.84. The molecule has 1 aliphatic carbocycles. The predicted molar refractivity (Wildman–Crippen MR) is 59.4 cm³/mol. The van der Waals surface area contributed by atoms with Crippen molar-refractivity contribution < 1.29 is 4.74 Å². The minimum atomic E-state index is 0.756. The molecular weight excluding hydrogens is 182 g/mol. The summed E-state index contributed by atoms with van der Waals surface area (Å²) in [7, 11) is 1.77. The van der Waals surface area contributed by atoms with E-state index in [0.717, 1.165) is 30.2 Å². The largest absolute Gasteiger partial charge is 0.384 e. The third-order valence-corrected chi connectivity index (χ3v) is 3.93. The number of rotatable bonds is 6. The number of hydrogen-bond donors (Lipinski definition) is 1. The van der Waals surface area contributed by atoms with E-state index in [2.05, 4.69) is 24.0 Å². The van der Waals surface area contributed by atoms with E-state index in [0.29, 0.717) is 0 Å². The maximum atomic E-state index is 5.06. The van der Waals surface area contributed by atoms with Crippen molar-refractivity contribution in [2.45, 2.75) is 37.5 Å². The van der Waals surface area contributed by atoms with Crippen molar-refractivity contribution in [3.05, 3.63) is 0 Å². The summed E-state index contributed by atoms with van der Waals surface area (Å²) in [6.45, 7) is 4.18. The lowest BCUT2D eigenvalue weighted by molar-refractivity contribution is 0.218. The Kier molecular flexibility index (Phi) is 5.83. The molecule has 78 valence electrons. The Hall–Kier alpha value is 0.270. The molecule has 1 N–H and O–H groups in total. The fourth-order valence-electron chi connectivity index (χ4n) is 1.90. The quantitative estimate of drug-likeness (QED) is 0.666. The molecular formula is C10H21NOS. The first-order valence-corrected chi connectivity index (χ1v) is 6.27. The highest BCUT2D eigenvalue weighted by Crippen LogP contribution is 2.29. The molecule has 2 nitrogen and oxygen atoms in total. The van der Waals surface area contributed by atoms with Crippen molar-refractivity contribution in [1.29, 1.82) is 0 Å². The van der Waals surface area contributed by atoms with Gasteiger partial charge in [-0.05, 0) is 19.4 Å². The van der Waals surface area contributed by atoms with Crippen LogP contribution in [0.5, 0.6) is 0 Å². The van der Waals surface area contributed by atoms with Gasteiger partial charge in [0.2, 0.25) is 0 Å². The van der Waals surface area contributed by atoms with E-state index in [1.165, 1.54) is 19.3 Å². The fourth-order valence-corrected chi connectivity index (χ4v) is 3.27. The highest BCUT2D eigenvalue weighted by Gasteiger charge is 2.26. The number of nitrogens with one attached hydrogen (secondary N) is 1. The van der Waals surface area contributed by atoms with Gasteiger partial charge in [-0.2, -0.15) is 11.8 Å². The van der Waals surface area contributed by atoms with Gasteiger partial charge >= 0.3 is 0 Å². The molecule has 0 saturated heterocycles. The summed E-state index contributed by atoms with van der Waals surface area (Å²) < 4.78 is 5.06. The van der Waals surface area contributed by atoms with Crippen LogP contribution < -0.4 is 5.32 Å². The molecule has 2 unspecified atom stereocenters. The lowest BCUT2D eigenvalue weighted by Gasteiger charge is -2.19. The second-order valence-electron chi connectivity index (χ2n) is 3.50. The van der Waals surface area contributed by atoms with Crippen LogP contribution in [0.2, 0.25) is 0 Å². The zero-order valence-electron chi connectivity index (χ0n) is 8.71. The van der Waals surface area contributed by atoms with Gasteiger partial charge in [0.05, 0.1) is 6.61 Å². The molecule has 0 spiro atoms. The SMILES string of the molecule is CCNC1CCCC1SCCOC. The van der Waals surface area contributed by atoms with Crippen LogP contribution in [0, 0.1) is 0 Å². The molecule has 1 fully saturated rings. The molecule has 1 aliphatic rings. The Labute approximate surface area is 85.8 Å². The van der Waals surface area contributed by atoms with Crippen molar-refractivity contribution in [3.8, 4) is 0 Å². The summed E-state index contributed by atoms with van der Waals surface area (Å²) >= 11 is 2.07. The molecule has 0 radical (unpaired) electrons. The Morgan fingerprint density at radius 2 is 2.31 bits per heavy atom. The molecule has 0 aromatic carbocycles. The van der Waals surface area contributed by atoms with E-state index in [1.807, 2.05) is 0 Å². The molecule has 0 bridgehead atoms. The molecule has 2 atom stereocenters. The molecule has 0 amide bonds. The summed E-state index contributed by atoms with van der Waals surface area (Å²) in [5.74, 6) is 1.14. The smallest absolute Gasteiger partial charge is 0.0553 e. The lowest BCUT2D eigenvalue weighted by Crippen LogP contribution is -2.34. The molecule has 0 aliphatic heterocycles. The molecule has 0 heterocycles. The van der Waals surface area contributed by atoms with Crippen molar-refractivity contribution in [2.24, 2.45) is 0 Å². The molecule has 0 aromatic heterocycles. The zero-order chi connectivity index (χ0) is 9.52. The van der Waals surface area contributed by atoms with E-state index >= 15 is 0 Å². The minimum Gasteiger partial charge on any atom is -0.384 e. The zero-order valence-corrected chi connectivity index (χ0v) is 9.53. The summed E-state index contributed by atoms with van der Waals surface area (Å²) in [6.07, 6.45) is 4.13. The van der Waals surface area contributed by atoms with Crippen LogP contribution in [0.3, 0.4) is 0 Å². The van der Waals surface area contributed by atoms with Gasteiger partial charge in [0.1, 0.15) is 0 Å². The minimum absolute atomic E-state index is 0.756. The molecule has 1 rings (SSSR count). The van der Waals surface area contributed by atoms with Crippen molar-refractivity contribution in [3.63, 3.8) is 0 Å². The topological polar surface area (TPSA) is 21.3 Å². The fraction of sp³-hybridized carbons (Fsp3) is 1.00.